The molecule has 25 heavy (non-hydrogen) atoms. The molecule has 1 saturated carbocycles. The minimum atomic E-state index is -3.22. The zero-order chi connectivity index (χ0) is 17.4. The number of guanidine groups is 1. The van der Waals surface area contributed by atoms with Gasteiger partial charge in [-0.1, -0.05) is 6.42 Å². The van der Waals surface area contributed by atoms with Crippen LogP contribution in [0.1, 0.15) is 30.0 Å². The fourth-order valence-corrected chi connectivity index (χ4v) is 4.02. The van der Waals surface area contributed by atoms with Crippen molar-refractivity contribution in [1.29, 1.82) is 0 Å². The normalized spacial score (nSPS) is 15.4. The standard InChI is InChI=1S/C15H27N5O2S2.HI/c1-12-20-14(11-23-12)6-7-17-15(16-2)18-8-9-24(21,22)19-10-13-4-3-5-13;/h11,13,19H,3-10H2,1-2H3,(H2,16,17,18);1H. The molecule has 0 atom stereocenters. The number of rotatable bonds is 9. The number of aliphatic imine (C=N–C) groups is 1. The molecule has 0 spiro atoms. The van der Waals surface area contributed by atoms with Crippen LogP contribution in [-0.2, 0) is 16.4 Å². The van der Waals surface area contributed by atoms with E-state index in [4.69, 9.17) is 0 Å². The molecule has 2 rings (SSSR count). The summed E-state index contributed by atoms with van der Waals surface area (Å²) in [4.78, 5) is 8.51. The molecule has 0 amide bonds. The Morgan fingerprint density at radius 2 is 2.08 bits per heavy atom. The lowest BCUT2D eigenvalue weighted by molar-refractivity contribution is 0.316. The maximum atomic E-state index is 11.9. The molecule has 0 unspecified atom stereocenters. The van der Waals surface area contributed by atoms with Crippen molar-refractivity contribution >= 4 is 51.3 Å². The number of nitrogens with one attached hydrogen (secondary N) is 3. The van der Waals surface area contributed by atoms with Gasteiger partial charge in [0, 0.05) is 38.5 Å². The second-order valence-electron chi connectivity index (χ2n) is 6.00. The smallest absolute Gasteiger partial charge is 0.213 e. The van der Waals surface area contributed by atoms with Gasteiger partial charge in [0.05, 0.1) is 16.5 Å². The number of aromatic nitrogens is 1. The molecular weight excluding hydrogens is 473 g/mol. The van der Waals surface area contributed by atoms with E-state index in [1.165, 1.54) is 6.42 Å². The highest BCUT2D eigenvalue weighted by Crippen LogP contribution is 2.25. The Balaban J connectivity index is 0.00000312. The van der Waals surface area contributed by atoms with E-state index in [9.17, 15) is 8.42 Å². The minimum absolute atomic E-state index is 0. The van der Waals surface area contributed by atoms with Crippen LogP contribution in [0.15, 0.2) is 10.4 Å². The van der Waals surface area contributed by atoms with Crippen molar-refractivity contribution in [3.05, 3.63) is 16.1 Å². The highest BCUT2D eigenvalue weighted by molar-refractivity contribution is 14.0. The van der Waals surface area contributed by atoms with Crippen molar-refractivity contribution in [2.45, 2.75) is 32.6 Å². The monoisotopic (exact) mass is 501 g/mol. The zero-order valence-corrected chi connectivity index (χ0v) is 18.7. The predicted molar refractivity (Wildman–Crippen MR) is 114 cm³/mol. The maximum Gasteiger partial charge on any atom is 0.213 e. The Kier molecular flexibility index (Phi) is 10.2. The minimum Gasteiger partial charge on any atom is -0.356 e. The van der Waals surface area contributed by atoms with Crippen LogP contribution < -0.4 is 15.4 Å². The van der Waals surface area contributed by atoms with Gasteiger partial charge in [0.25, 0.3) is 0 Å². The lowest BCUT2D eigenvalue weighted by Gasteiger charge is -2.25. The van der Waals surface area contributed by atoms with Gasteiger partial charge in [-0.3, -0.25) is 4.99 Å². The van der Waals surface area contributed by atoms with E-state index in [-0.39, 0.29) is 29.7 Å². The summed E-state index contributed by atoms with van der Waals surface area (Å²) < 4.78 is 26.5. The van der Waals surface area contributed by atoms with Crippen LogP contribution in [-0.4, -0.2) is 51.8 Å². The SMILES string of the molecule is CN=C(NCCc1csc(C)n1)NCCS(=O)(=O)NCC1CCC1.I. The van der Waals surface area contributed by atoms with Gasteiger partial charge in [0.2, 0.25) is 10.0 Å². The molecule has 1 heterocycles. The number of aryl methyl sites for hydroxylation is 1. The lowest BCUT2D eigenvalue weighted by atomic mass is 9.86. The molecule has 0 saturated heterocycles. The Morgan fingerprint density at radius 3 is 2.64 bits per heavy atom. The van der Waals surface area contributed by atoms with E-state index in [1.54, 1.807) is 18.4 Å². The van der Waals surface area contributed by atoms with Crippen LogP contribution >= 0.6 is 35.3 Å². The molecule has 7 nitrogen and oxygen atoms in total. The molecule has 3 N–H and O–H groups in total. The Morgan fingerprint density at radius 1 is 1.36 bits per heavy atom. The largest absolute Gasteiger partial charge is 0.356 e. The van der Waals surface area contributed by atoms with Crippen molar-refractivity contribution in [1.82, 2.24) is 20.3 Å². The highest BCUT2D eigenvalue weighted by atomic mass is 127. The molecule has 0 bridgehead atoms. The summed E-state index contributed by atoms with van der Waals surface area (Å²) in [5, 5.41) is 9.32. The van der Waals surface area contributed by atoms with Crippen LogP contribution in [0.2, 0.25) is 0 Å². The first kappa shape index (κ1) is 22.6. The predicted octanol–water partition coefficient (Wildman–Crippen LogP) is 1.50. The van der Waals surface area contributed by atoms with Crippen molar-refractivity contribution in [2.75, 3.05) is 32.4 Å². The molecule has 144 valence electrons. The molecule has 1 aromatic rings. The summed E-state index contributed by atoms with van der Waals surface area (Å²) in [6, 6.07) is 0. The zero-order valence-electron chi connectivity index (χ0n) is 14.7. The summed E-state index contributed by atoms with van der Waals surface area (Å²) in [6.07, 6.45) is 4.30. The van der Waals surface area contributed by atoms with Gasteiger partial charge in [-0.2, -0.15) is 0 Å². The first-order valence-corrected chi connectivity index (χ1v) is 10.8. The number of halogens is 1. The quantitative estimate of drug-likeness (QED) is 0.271. The number of nitrogens with zero attached hydrogens (tertiary/aromatic N) is 2. The van der Waals surface area contributed by atoms with Crippen molar-refractivity contribution in [3.8, 4) is 0 Å². The van der Waals surface area contributed by atoms with Crippen LogP contribution in [0.4, 0.5) is 0 Å². The topological polar surface area (TPSA) is 95.5 Å². The van der Waals surface area contributed by atoms with E-state index in [0.717, 1.165) is 30.0 Å². The Bertz CT molecular complexity index is 644. The first-order chi connectivity index (χ1) is 11.5. The van der Waals surface area contributed by atoms with Gasteiger partial charge < -0.3 is 10.6 Å². The molecule has 0 aromatic carbocycles. The van der Waals surface area contributed by atoms with Crippen molar-refractivity contribution < 1.29 is 8.42 Å². The third-order valence-electron chi connectivity index (χ3n) is 4.04. The van der Waals surface area contributed by atoms with E-state index in [0.29, 0.717) is 31.5 Å². The fourth-order valence-electron chi connectivity index (χ4n) is 2.37. The average Bonchev–Trinajstić information content (AvgIpc) is 2.89. The van der Waals surface area contributed by atoms with Crippen molar-refractivity contribution in [2.24, 2.45) is 10.9 Å². The van der Waals surface area contributed by atoms with Crippen LogP contribution in [0, 0.1) is 12.8 Å². The molecule has 0 aliphatic heterocycles. The van der Waals surface area contributed by atoms with Crippen LogP contribution in [0.25, 0.3) is 0 Å². The number of hydrogen-bond acceptors (Lipinski definition) is 5. The van der Waals surface area contributed by atoms with Gasteiger partial charge >= 0.3 is 0 Å². The highest BCUT2D eigenvalue weighted by Gasteiger charge is 2.20. The van der Waals surface area contributed by atoms with E-state index in [1.807, 2.05) is 12.3 Å². The van der Waals surface area contributed by atoms with Gasteiger partial charge in [0.15, 0.2) is 5.96 Å². The number of thiazole rings is 1. The van der Waals surface area contributed by atoms with E-state index < -0.39 is 10.0 Å². The molecule has 1 fully saturated rings. The third kappa shape index (κ3) is 8.65. The van der Waals surface area contributed by atoms with Gasteiger partial charge in [-0.15, -0.1) is 35.3 Å². The summed E-state index contributed by atoms with van der Waals surface area (Å²) in [6.45, 7) is 3.59. The summed E-state index contributed by atoms with van der Waals surface area (Å²) >= 11 is 1.64. The summed E-state index contributed by atoms with van der Waals surface area (Å²) in [5.74, 6) is 1.18. The Hall–Kier alpha value is -0.460. The molecule has 10 heteroatoms. The molecular formula is C15H28IN5O2S2. The summed E-state index contributed by atoms with van der Waals surface area (Å²) in [5.41, 5.74) is 1.06. The third-order valence-corrected chi connectivity index (χ3v) is 6.21. The van der Waals surface area contributed by atoms with E-state index >= 15 is 0 Å². The fraction of sp³-hybridized carbons (Fsp3) is 0.733. The number of hydrogen-bond donors (Lipinski definition) is 3. The van der Waals surface area contributed by atoms with Gasteiger partial charge in [-0.05, 0) is 25.7 Å². The van der Waals surface area contributed by atoms with Crippen LogP contribution in [0.5, 0.6) is 0 Å². The van der Waals surface area contributed by atoms with Crippen molar-refractivity contribution in [3.63, 3.8) is 0 Å². The van der Waals surface area contributed by atoms with E-state index in [2.05, 4.69) is 25.3 Å². The molecule has 1 aliphatic rings. The molecule has 1 aliphatic carbocycles. The van der Waals surface area contributed by atoms with Gasteiger partial charge in [-0.25, -0.2) is 18.1 Å². The first-order valence-electron chi connectivity index (χ1n) is 8.31. The van der Waals surface area contributed by atoms with Crippen LogP contribution in [0.3, 0.4) is 0 Å². The average molecular weight is 501 g/mol. The second kappa shape index (κ2) is 11.3. The maximum absolute atomic E-state index is 11.9. The molecule has 1 aromatic heterocycles. The number of sulfonamides is 1. The lowest BCUT2D eigenvalue weighted by Crippen LogP contribution is -2.42. The van der Waals surface area contributed by atoms with Gasteiger partial charge in [0.1, 0.15) is 0 Å². The second-order valence-corrected chi connectivity index (χ2v) is 8.99. The summed E-state index contributed by atoms with van der Waals surface area (Å²) in [7, 11) is -1.55. The Labute approximate surface area is 171 Å². The molecule has 0 radical (unpaired) electrons.